The molecule has 0 amide bonds. The molecule has 0 spiro atoms. The Bertz CT molecular complexity index is 335. The van der Waals surface area contributed by atoms with Crippen LogP contribution in [0.4, 0.5) is 0 Å². The minimum absolute atomic E-state index is 0.846. The van der Waals surface area contributed by atoms with Crippen molar-refractivity contribution < 1.29 is 5.11 Å². The van der Waals surface area contributed by atoms with Gasteiger partial charge in [-0.2, -0.15) is 0 Å². The zero-order valence-electron chi connectivity index (χ0n) is 9.46. The van der Waals surface area contributed by atoms with E-state index in [4.69, 9.17) is 0 Å². The molecule has 1 heteroatoms. The van der Waals surface area contributed by atoms with Gasteiger partial charge in [0, 0.05) is 6.42 Å². The molecule has 0 fully saturated rings. The van der Waals surface area contributed by atoms with Crippen LogP contribution in [0.5, 0.6) is 0 Å². The van der Waals surface area contributed by atoms with Crippen molar-refractivity contribution in [2.24, 2.45) is 0 Å². The van der Waals surface area contributed by atoms with E-state index >= 15 is 0 Å². The first kappa shape index (κ1) is 11.8. The summed E-state index contributed by atoms with van der Waals surface area (Å²) in [4.78, 5) is 0. The third-order valence-electron chi connectivity index (χ3n) is 2.00. The maximum Gasteiger partial charge on any atom is 0.119 e. The number of rotatable bonds is 3. The van der Waals surface area contributed by atoms with E-state index in [0.29, 0.717) is 0 Å². The number of benzene rings is 1. The van der Waals surface area contributed by atoms with Crippen LogP contribution in [0, 0.1) is 11.8 Å². The Labute approximate surface area is 92.1 Å². The van der Waals surface area contributed by atoms with Gasteiger partial charge in [0.2, 0.25) is 0 Å². The molecule has 0 saturated heterocycles. The molecule has 0 saturated carbocycles. The Hall–Kier alpha value is -1.26. The average Bonchev–Trinajstić information content (AvgIpc) is 2.17. The zero-order chi connectivity index (χ0) is 11.1. The Kier molecular flexibility index (Phi) is 4.39. The summed E-state index contributed by atoms with van der Waals surface area (Å²) in [5.74, 6) is 5.81. The Balaban J connectivity index is 2.25. The summed E-state index contributed by atoms with van der Waals surface area (Å²) in [5, 5.41) is 9.36. The lowest BCUT2D eigenvalue weighted by atomic mass is 10.1. The lowest BCUT2D eigenvalue weighted by molar-refractivity contribution is 0.143. The molecule has 80 valence electrons. The van der Waals surface area contributed by atoms with Gasteiger partial charge < -0.3 is 5.11 Å². The molecule has 15 heavy (non-hydrogen) atoms. The highest BCUT2D eigenvalue weighted by Crippen LogP contribution is 2.04. The van der Waals surface area contributed by atoms with Gasteiger partial charge in [-0.3, -0.25) is 0 Å². The molecule has 1 aromatic rings. The minimum Gasteiger partial charge on any atom is -0.378 e. The SMILES string of the molecule is CC(C)(O)C#CCCCc1ccccc1. The lowest BCUT2D eigenvalue weighted by Crippen LogP contribution is -2.14. The number of aliphatic hydroxyl groups is 1. The Morgan fingerprint density at radius 3 is 2.47 bits per heavy atom. The molecule has 0 unspecified atom stereocenters. The first-order valence-corrected chi connectivity index (χ1v) is 5.34. The van der Waals surface area contributed by atoms with Crippen LogP contribution in [0.1, 0.15) is 32.3 Å². The van der Waals surface area contributed by atoms with Crippen LogP contribution in [0.15, 0.2) is 30.3 Å². The van der Waals surface area contributed by atoms with E-state index in [9.17, 15) is 5.11 Å². The van der Waals surface area contributed by atoms with Gasteiger partial charge in [0.25, 0.3) is 0 Å². The predicted octanol–water partition coefficient (Wildman–Crippen LogP) is 2.78. The Morgan fingerprint density at radius 2 is 1.87 bits per heavy atom. The summed E-state index contributed by atoms with van der Waals surface area (Å²) in [6, 6.07) is 10.4. The van der Waals surface area contributed by atoms with Gasteiger partial charge in [-0.25, -0.2) is 0 Å². The maximum absolute atomic E-state index is 9.36. The third-order valence-corrected chi connectivity index (χ3v) is 2.00. The third kappa shape index (κ3) is 5.93. The van der Waals surface area contributed by atoms with Gasteiger partial charge in [-0.05, 0) is 32.3 Å². The van der Waals surface area contributed by atoms with Gasteiger partial charge in [-0.1, -0.05) is 36.3 Å². The number of aryl methyl sites for hydroxylation is 1. The summed E-state index contributed by atoms with van der Waals surface area (Å²) in [7, 11) is 0. The van der Waals surface area contributed by atoms with Crippen LogP contribution in [-0.4, -0.2) is 10.7 Å². The molecule has 0 atom stereocenters. The fourth-order valence-electron chi connectivity index (χ4n) is 1.30. The fourth-order valence-corrected chi connectivity index (χ4v) is 1.30. The van der Waals surface area contributed by atoms with Crippen molar-refractivity contribution in [3.63, 3.8) is 0 Å². The Morgan fingerprint density at radius 1 is 1.20 bits per heavy atom. The van der Waals surface area contributed by atoms with E-state index in [-0.39, 0.29) is 0 Å². The van der Waals surface area contributed by atoms with Crippen molar-refractivity contribution in [1.82, 2.24) is 0 Å². The molecular weight excluding hydrogens is 184 g/mol. The monoisotopic (exact) mass is 202 g/mol. The normalized spacial score (nSPS) is 10.6. The zero-order valence-corrected chi connectivity index (χ0v) is 9.46. The molecule has 0 aliphatic rings. The van der Waals surface area contributed by atoms with E-state index in [0.717, 1.165) is 19.3 Å². The maximum atomic E-state index is 9.36. The van der Waals surface area contributed by atoms with Gasteiger partial charge in [-0.15, -0.1) is 5.92 Å². The second kappa shape index (κ2) is 5.58. The molecule has 0 radical (unpaired) electrons. The molecule has 1 nitrogen and oxygen atoms in total. The van der Waals surface area contributed by atoms with Crippen LogP contribution >= 0.6 is 0 Å². The number of hydrogen-bond donors (Lipinski definition) is 1. The highest BCUT2D eigenvalue weighted by molar-refractivity contribution is 5.15. The van der Waals surface area contributed by atoms with Crippen molar-refractivity contribution in [1.29, 1.82) is 0 Å². The first-order chi connectivity index (χ1) is 7.08. The van der Waals surface area contributed by atoms with E-state index in [1.807, 2.05) is 6.07 Å². The van der Waals surface area contributed by atoms with Crippen molar-refractivity contribution >= 4 is 0 Å². The van der Waals surface area contributed by atoms with Crippen molar-refractivity contribution in [3.05, 3.63) is 35.9 Å². The smallest absolute Gasteiger partial charge is 0.119 e. The van der Waals surface area contributed by atoms with Gasteiger partial charge >= 0.3 is 0 Å². The molecule has 1 N–H and O–H groups in total. The van der Waals surface area contributed by atoms with Crippen LogP contribution in [0.3, 0.4) is 0 Å². The van der Waals surface area contributed by atoms with E-state index in [2.05, 4.69) is 36.1 Å². The van der Waals surface area contributed by atoms with Crippen molar-refractivity contribution in [2.75, 3.05) is 0 Å². The van der Waals surface area contributed by atoms with E-state index < -0.39 is 5.60 Å². The van der Waals surface area contributed by atoms with Gasteiger partial charge in [0.05, 0.1) is 0 Å². The van der Waals surface area contributed by atoms with Crippen molar-refractivity contribution in [3.8, 4) is 11.8 Å². The molecule has 0 bridgehead atoms. The molecule has 0 aliphatic heterocycles. The van der Waals surface area contributed by atoms with Gasteiger partial charge in [0.1, 0.15) is 5.60 Å². The summed E-state index contributed by atoms with van der Waals surface area (Å²) in [6.45, 7) is 3.41. The first-order valence-electron chi connectivity index (χ1n) is 5.34. The summed E-state index contributed by atoms with van der Waals surface area (Å²) >= 11 is 0. The molecule has 1 rings (SSSR count). The highest BCUT2D eigenvalue weighted by atomic mass is 16.3. The summed E-state index contributed by atoms with van der Waals surface area (Å²) < 4.78 is 0. The molecule has 0 heterocycles. The van der Waals surface area contributed by atoms with Crippen LogP contribution in [-0.2, 0) is 6.42 Å². The minimum atomic E-state index is -0.854. The largest absolute Gasteiger partial charge is 0.378 e. The van der Waals surface area contributed by atoms with Crippen molar-refractivity contribution in [2.45, 2.75) is 38.7 Å². The highest BCUT2D eigenvalue weighted by Gasteiger charge is 2.04. The van der Waals surface area contributed by atoms with Crippen LogP contribution < -0.4 is 0 Å². The fraction of sp³-hybridized carbons (Fsp3) is 0.429. The molecule has 1 aromatic carbocycles. The number of hydrogen-bond acceptors (Lipinski definition) is 1. The number of unbranched alkanes of at least 4 members (excludes halogenated alkanes) is 1. The van der Waals surface area contributed by atoms with Crippen LogP contribution in [0.2, 0.25) is 0 Å². The van der Waals surface area contributed by atoms with Gasteiger partial charge in [0.15, 0.2) is 0 Å². The standard InChI is InChI=1S/C14H18O/c1-14(2,15)12-8-4-7-11-13-9-5-3-6-10-13/h3,5-6,9-10,15H,4,7,11H2,1-2H3. The van der Waals surface area contributed by atoms with Crippen LogP contribution in [0.25, 0.3) is 0 Å². The molecule has 0 aromatic heterocycles. The average molecular weight is 202 g/mol. The van der Waals surface area contributed by atoms with E-state index in [1.165, 1.54) is 5.56 Å². The summed E-state index contributed by atoms with van der Waals surface area (Å²) in [5.41, 5.74) is 0.495. The predicted molar refractivity (Wildman–Crippen MR) is 63.5 cm³/mol. The second-order valence-corrected chi connectivity index (χ2v) is 4.20. The molecular formula is C14H18O. The van der Waals surface area contributed by atoms with E-state index in [1.54, 1.807) is 13.8 Å². The summed E-state index contributed by atoms with van der Waals surface area (Å²) in [6.07, 6.45) is 2.95. The topological polar surface area (TPSA) is 20.2 Å². The second-order valence-electron chi connectivity index (χ2n) is 4.20. The lowest BCUT2D eigenvalue weighted by Gasteiger charge is -2.05. The molecule has 0 aliphatic carbocycles. The quantitative estimate of drug-likeness (QED) is 0.590.